The lowest BCUT2D eigenvalue weighted by Crippen LogP contribution is -2.12. The fraction of sp³-hybridized carbons (Fsp3) is 0.235. The summed E-state index contributed by atoms with van der Waals surface area (Å²) in [7, 11) is 0. The van der Waals surface area contributed by atoms with Gasteiger partial charge in [0, 0.05) is 13.1 Å². The summed E-state index contributed by atoms with van der Waals surface area (Å²) in [6.07, 6.45) is 0. The van der Waals surface area contributed by atoms with E-state index < -0.39 is 0 Å². The highest BCUT2D eigenvalue weighted by Gasteiger charge is 2.02. The minimum Gasteiger partial charge on any atom is -0.494 e. The number of nitrogens with one attached hydrogen (secondary N) is 1. The normalized spacial score (nSPS) is 10.9. The second-order valence-corrected chi connectivity index (χ2v) is 5.87. The van der Waals surface area contributed by atoms with Crippen LogP contribution in [0, 0.1) is 0 Å². The highest BCUT2D eigenvalue weighted by Crippen LogP contribution is 2.21. The van der Waals surface area contributed by atoms with Crippen molar-refractivity contribution < 1.29 is 4.74 Å². The first-order chi connectivity index (χ1) is 10.3. The lowest BCUT2D eigenvalue weighted by atomic mass is 10.2. The van der Waals surface area contributed by atoms with E-state index in [1.54, 1.807) is 11.3 Å². The van der Waals surface area contributed by atoms with Crippen molar-refractivity contribution in [1.82, 2.24) is 10.3 Å². The topological polar surface area (TPSA) is 34.1 Å². The molecular weight excluding hydrogens is 280 g/mol. The van der Waals surface area contributed by atoms with E-state index in [2.05, 4.69) is 40.6 Å². The molecule has 1 heterocycles. The van der Waals surface area contributed by atoms with Crippen molar-refractivity contribution in [3.63, 3.8) is 0 Å². The average Bonchev–Trinajstić information content (AvgIpc) is 2.92. The van der Waals surface area contributed by atoms with Crippen LogP contribution in [-0.4, -0.2) is 11.6 Å². The zero-order chi connectivity index (χ0) is 14.5. The molecule has 2 aromatic carbocycles. The van der Waals surface area contributed by atoms with Crippen LogP contribution in [0.4, 0.5) is 0 Å². The number of ether oxygens (including phenoxy) is 1. The molecule has 3 rings (SSSR count). The Kier molecular flexibility index (Phi) is 4.48. The monoisotopic (exact) mass is 298 g/mol. The van der Waals surface area contributed by atoms with Crippen molar-refractivity contribution >= 4 is 21.6 Å². The Morgan fingerprint density at radius 2 is 1.86 bits per heavy atom. The number of hydrogen-bond donors (Lipinski definition) is 1. The first-order valence-electron chi connectivity index (χ1n) is 7.12. The largest absolute Gasteiger partial charge is 0.494 e. The van der Waals surface area contributed by atoms with Crippen molar-refractivity contribution in [3.05, 3.63) is 59.1 Å². The molecule has 0 aliphatic rings. The second-order valence-electron chi connectivity index (χ2n) is 4.76. The molecule has 3 nitrogen and oxygen atoms in total. The van der Waals surface area contributed by atoms with Gasteiger partial charge in [0.2, 0.25) is 0 Å². The van der Waals surface area contributed by atoms with E-state index in [4.69, 9.17) is 4.74 Å². The van der Waals surface area contributed by atoms with Gasteiger partial charge in [-0.1, -0.05) is 24.3 Å². The fourth-order valence-corrected chi connectivity index (χ4v) is 3.12. The van der Waals surface area contributed by atoms with Gasteiger partial charge in [-0.15, -0.1) is 11.3 Å². The third-order valence-electron chi connectivity index (χ3n) is 3.18. The summed E-state index contributed by atoms with van der Waals surface area (Å²) < 4.78 is 6.69. The number of para-hydroxylation sites is 1. The molecule has 0 amide bonds. The zero-order valence-corrected chi connectivity index (χ0v) is 12.8. The number of rotatable bonds is 6. The summed E-state index contributed by atoms with van der Waals surface area (Å²) in [5, 5.41) is 4.56. The predicted molar refractivity (Wildman–Crippen MR) is 87.8 cm³/mol. The summed E-state index contributed by atoms with van der Waals surface area (Å²) in [4.78, 5) is 4.62. The summed E-state index contributed by atoms with van der Waals surface area (Å²) in [6.45, 7) is 4.33. The molecular formula is C17H18N2OS. The molecule has 0 atom stereocenters. The number of thiazole rings is 1. The number of benzene rings is 2. The van der Waals surface area contributed by atoms with E-state index >= 15 is 0 Å². The molecule has 0 aliphatic carbocycles. The lowest BCUT2D eigenvalue weighted by Gasteiger charge is -2.05. The van der Waals surface area contributed by atoms with Crippen molar-refractivity contribution in [1.29, 1.82) is 0 Å². The Bertz CT molecular complexity index is 673. The van der Waals surface area contributed by atoms with Crippen LogP contribution in [0.15, 0.2) is 48.5 Å². The maximum atomic E-state index is 5.44. The molecule has 3 aromatic rings. The van der Waals surface area contributed by atoms with Gasteiger partial charge in [-0.2, -0.15) is 0 Å². The molecule has 1 aromatic heterocycles. The Hall–Kier alpha value is -1.91. The van der Waals surface area contributed by atoms with Gasteiger partial charge in [-0.3, -0.25) is 0 Å². The van der Waals surface area contributed by atoms with Gasteiger partial charge in [0.1, 0.15) is 10.8 Å². The smallest absolute Gasteiger partial charge is 0.119 e. The van der Waals surface area contributed by atoms with E-state index in [1.807, 2.05) is 25.1 Å². The van der Waals surface area contributed by atoms with Crippen molar-refractivity contribution in [2.75, 3.05) is 6.61 Å². The molecule has 0 unspecified atom stereocenters. The van der Waals surface area contributed by atoms with E-state index in [9.17, 15) is 0 Å². The quantitative estimate of drug-likeness (QED) is 0.747. The van der Waals surface area contributed by atoms with Crippen LogP contribution >= 0.6 is 11.3 Å². The van der Waals surface area contributed by atoms with Gasteiger partial charge in [0.05, 0.1) is 16.8 Å². The first-order valence-corrected chi connectivity index (χ1v) is 7.93. The third kappa shape index (κ3) is 3.60. The SMILES string of the molecule is CCOc1ccc(CNCc2nc3ccccc3s2)cc1. The van der Waals surface area contributed by atoms with Gasteiger partial charge in [0.25, 0.3) is 0 Å². The average molecular weight is 298 g/mol. The van der Waals surface area contributed by atoms with E-state index in [0.717, 1.165) is 29.4 Å². The standard InChI is InChI=1S/C17H18N2OS/c1-2-20-14-9-7-13(8-10-14)11-18-12-17-19-15-5-3-4-6-16(15)21-17/h3-10,18H,2,11-12H2,1H3. The molecule has 0 aliphatic heterocycles. The minimum absolute atomic E-state index is 0.704. The Morgan fingerprint density at radius 1 is 1.05 bits per heavy atom. The lowest BCUT2D eigenvalue weighted by molar-refractivity contribution is 0.340. The summed E-state index contributed by atoms with van der Waals surface area (Å²) >= 11 is 1.75. The highest BCUT2D eigenvalue weighted by molar-refractivity contribution is 7.18. The van der Waals surface area contributed by atoms with Crippen LogP contribution in [0.1, 0.15) is 17.5 Å². The van der Waals surface area contributed by atoms with E-state index in [-0.39, 0.29) is 0 Å². The van der Waals surface area contributed by atoms with E-state index in [0.29, 0.717) is 6.61 Å². The number of aromatic nitrogens is 1. The van der Waals surface area contributed by atoms with Crippen LogP contribution in [0.3, 0.4) is 0 Å². The molecule has 4 heteroatoms. The summed E-state index contributed by atoms with van der Waals surface area (Å²) in [5.74, 6) is 0.924. The zero-order valence-electron chi connectivity index (χ0n) is 12.0. The van der Waals surface area contributed by atoms with Gasteiger partial charge in [-0.05, 0) is 36.8 Å². The highest BCUT2D eigenvalue weighted by atomic mass is 32.1. The molecule has 0 saturated carbocycles. The maximum Gasteiger partial charge on any atom is 0.119 e. The van der Waals surface area contributed by atoms with E-state index in [1.165, 1.54) is 10.3 Å². The molecule has 108 valence electrons. The fourth-order valence-electron chi connectivity index (χ4n) is 2.18. The molecule has 1 N–H and O–H groups in total. The van der Waals surface area contributed by atoms with Crippen LogP contribution in [-0.2, 0) is 13.1 Å². The number of nitrogens with zero attached hydrogens (tertiary/aromatic N) is 1. The van der Waals surface area contributed by atoms with Gasteiger partial charge in [-0.25, -0.2) is 4.98 Å². The third-order valence-corrected chi connectivity index (χ3v) is 4.21. The van der Waals surface area contributed by atoms with Crippen molar-refractivity contribution in [2.45, 2.75) is 20.0 Å². The number of fused-ring (bicyclic) bond motifs is 1. The van der Waals surface area contributed by atoms with Crippen molar-refractivity contribution in [3.8, 4) is 5.75 Å². The summed E-state index contributed by atoms with van der Waals surface area (Å²) in [5.41, 5.74) is 2.33. The van der Waals surface area contributed by atoms with Crippen LogP contribution in [0.25, 0.3) is 10.2 Å². The van der Waals surface area contributed by atoms with Gasteiger partial charge < -0.3 is 10.1 Å². The second kappa shape index (κ2) is 6.70. The Balaban J connectivity index is 1.55. The number of hydrogen-bond acceptors (Lipinski definition) is 4. The molecule has 0 spiro atoms. The van der Waals surface area contributed by atoms with Crippen LogP contribution < -0.4 is 10.1 Å². The molecule has 0 bridgehead atoms. The van der Waals surface area contributed by atoms with Crippen LogP contribution in [0.5, 0.6) is 5.75 Å². The maximum absolute atomic E-state index is 5.44. The van der Waals surface area contributed by atoms with Gasteiger partial charge >= 0.3 is 0 Å². The Labute approximate surface area is 128 Å². The Morgan fingerprint density at radius 3 is 2.62 bits per heavy atom. The first kappa shape index (κ1) is 14.0. The minimum atomic E-state index is 0.704. The molecule has 21 heavy (non-hydrogen) atoms. The van der Waals surface area contributed by atoms with Gasteiger partial charge in [0.15, 0.2) is 0 Å². The van der Waals surface area contributed by atoms with Crippen LogP contribution in [0.2, 0.25) is 0 Å². The molecule has 0 saturated heterocycles. The molecule has 0 fully saturated rings. The summed E-state index contributed by atoms with van der Waals surface area (Å²) in [6, 6.07) is 16.5. The molecule has 0 radical (unpaired) electrons. The van der Waals surface area contributed by atoms with Crippen molar-refractivity contribution in [2.24, 2.45) is 0 Å². The predicted octanol–water partition coefficient (Wildman–Crippen LogP) is 3.98.